The summed E-state index contributed by atoms with van der Waals surface area (Å²) < 4.78 is 14.9. The first-order valence-corrected chi connectivity index (χ1v) is 5.28. The summed E-state index contributed by atoms with van der Waals surface area (Å²) in [5, 5.41) is 3.08. The molecule has 1 fully saturated rings. The molecule has 0 heterocycles. The van der Waals surface area contributed by atoms with Crippen LogP contribution in [0.5, 0.6) is 0 Å². The van der Waals surface area contributed by atoms with Crippen LogP contribution >= 0.6 is 0 Å². The summed E-state index contributed by atoms with van der Waals surface area (Å²) in [7, 11) is 1.62. The molecule has 0 aromatic rings. The summed E-state index contributed by atoms with van der Waals surface area (Å²) in [6.45, 7) is 2.15. The molecular weight excluding hydrogens is 198 g/mol. The Morgan fingerprint density at radius 3 is 2.67 bits per heavy atom. The third-order valence-electron chi connectivity index (χ3n) is 2.03. The smallest absolute Gasteiger partial charge is 0.320 e. The van der Waals surface area contributed by atoms with Crippen LogP contribution in [0.4, 0.5) is 0 Å². The molecule has 1 rings (SSSR count). The van der Waals surface area contributed by atoms with Crippen molar-refractivity contribution in [2.45, 2.75) is 18.9 Å². The van der Waals surface area contributed by atoms with E-state index in [1.165, 1.54) is 12.8 Å². The standard InChI is InChI=1S/C10H19NO4/c1-13-4-5-14-6-7-15-10(12)8-11-9-2-3-9/h9,11H,2-8H2,1H3. The van der Waals surface area contributed by atoms with Crippen molar-refractivity contribution in [2.75, 3.05) is 40.1 Å². The van der Waals surface area contributed by atoms with Gasteiger partial charge in [-0.3, -0.25) is 4.79 Å². The fourth-order valence-electron chi connectivity index (χ4n) is 1.02. The van der Waals surface area contributed by atoms with Crippen LogP contribution in [0, 0.1) is 0 Å². The highest BCUT2D eigenvalue weighted by Crippen LogP contribution is 2.17. The molecule has 15 heavy (non-hydrogen) atoms. The van der Waals surface area contributed by atoms with Crippen molar-refractivity contribution in [1.82, 2.24) is 5.32 Å². The van der Waals surface area contributed by atoms with Crippen molar-refractivity contribution >= 4 is 5.97 Å². The Morgan fingerprint density at radius 1 is 1.27 bits per heavy atom. The molecule has 0 bridgehead atoms. The number of ether oxygens (including phenoxy) is 3. The van der Waals surface area contributed by atoms with Crippen molar-refractivity contribution in [3.63, 3.8) is 0 Å². The molecule has 0 unspecified atom stereocenters. The van der Waals surface area contributed by atoms with Gasteiger partial charge in [0, 0.05) is 13.2 Å². The van der Waals surface area contributed by atoms with Gasteiger partial charge in [-0.1, -0.05) is 0 Å². The van der Waals surface area contributed by atoms with E-state index in [4.69, 9.17) is 14.2 Å². The average Bonchev–Trinajstić information content (AvgIpc) is 3.04. The van der Waals surface area contributed by atoms with Crippen LogP contribution in [0.2, 0.25) is 0 Å². The van der Waals surface area contributed by atoms with E-state index in [9.17, 15) is 4.79 Å². The lowest BCUT2D eigenvalue weighted by atomic mass is 10.6. The van der Waals surface area contributed by atoms with E-state index in [2.05, 4.69) is 5.32 Å². The maximum Gasteiger partial charge on any atom is 0.320 e. The molecule has 1 saturated carbocycles. The molecular formula is C10H19NO4. The maximum absolute atomic E-state index is 11.1. The summed E-state index contributed by atoms with van der Waals surface area (Å²) in [6.07, 6.45) is 2.35. The van der Waals surface area contributed by atoms with Gasteiger partial charge in [-0.25, -0.2) is 0 Å². The molecule has 5 heteroatoms. The topological polar surface area (TPSA) is 56.8 Å². The Morgan fingerprint density at radius 2 is 2.00 bits per heavy atom. The third kappa shape index (κ3) is 7.30. The van der Waals surface area contributed by atoms with E-state index < -0.39 is 0 Å². The highest BCUT2D eigenvalue weighted by molar-refractivity contribution is 5.71. The number of rotatable bonds is 9. The van der Waals surface area contributed by atoms with Crippen LogP contribution in [0.3, 0.4) is 0 Å². The van der Waals surface area contributed by atoms with E-state index in [0.29, 0.717) is 39.0 Å². The summed E-state index contributed by atoms with van der Waals surface area (Å²) >= 11 is 0. The Balaban J connectivity index is 1.79. The van der Waals surface area contributed by atoms with Gasteiger partial charge in [0.05, 0.1) is 26.4 Å². The minimum atomic E-state index is -0.211. The fraction of sp³-hybridized carbons (Fsp3) is 0.900. The summed E-state index contributed by atoms with van der Waals surface area (Å²) in [5.74, 6) is -0.211. The molecule has 1 N–H and O–H groups in total. The van der Waals surface area contributed by atoms with E-state index in [-0.39, 0.29) is 5.97 Å². The van der Waals surface area contributed by atoms with Gasteiger partial charge in [0.25, 0.3) is 0 Å². The van der Waals surface area contributed by atoms with Crippen LogP contribution in [-0.2, 0) is 19.0 Å². The fourth-order valence-corrected chi connectivity index (χ4v) is 1.02. The molecule has 0 saturated heterocycles. The largest absolute Gasteiger partial charge is 0.462 e. The molecule has 0 aromatic carbocycles. The van der Waals surface area contributed by atoms with E-state index in [1.54, 1.807) is 7.11 Å². The summed E-state index contributed by atoms with van der Waals surface area (Å²) in [4.78, 5) is 11.1. The molecule has 0 aromatic heterocycles. The van der Waals surface area contributed by atoms with Crippen LogP contribution in [0.1, 0.15) is 12.8 Å². The van der Waals surface area contributed by atoms with Gasteiger partial charge in [-0.05, 0) is 12.8 Å². The monoisotopic (exact) mass is 217 g/mol. The van der Waals surface area contributed by atoms with E-state index >= 15 is 0 Å². The van der Waals surface area contributed by atoms with Gasteiger partial charge < -0.3 is 19.5 Å². The van der Waals surface area contributed by atoms with Gasteiger partial charge in [0.1, 0.15) is 6.61 Å². The van der Waals surface area contributed by atoms with E-state index in [0.717, 1.165) is 0 Å². The Labute approximate surface area is 90.1 Å². The summed E-state index contributed by atoms with van der Waals surface area (Å²) in [5.41, 5.74) is 0. The number of esters is 1. The Bertz CT molecular complexity index is 182. The second-order valence-corrected chi connectivity index (χ2v) is 3.48. The molecule has 5 nitrogen and oxygen atoms in total. The van der Waals surface area contributed by atoms with Crippen molar-refractivity contribution in [3.8, 4) is 0 Å². The molecule has 1 aliphatic carbocycles. The number of nitrogens with one attached hydrogen (secondary N) is 1. The Kier molecular flexibility index (Phi) is 6.31. The SMILES string of the molecule is COCCOCCOC(=O)CNC1CC1. The zero-order valence-electron chi connectivity index (χ0n) is 9.16. The first kappa shape index (κ1) is 12.4. The molecule has 0 atom stereocenters. The van der Waals surface area contributed by atoms with Crippen molar-refractivity contribution in [2.24, 2.45) is 0 Å². The van der Waals surface area contributed by atoms with Crippen molar-refractivity contribution in [1.29, 1.82) is 0 Å². The van der Waals surface area contributed by atoms with Gasteiger partial charge in [-0.2, -0.15) is 0 Å². The number of carbonyl (C=O) groups is 1. The van der Waals surface area contributed by atoms with Gasteiger partial charge in [-0.15, -0.1) is 0 Å². The second-order valence-electron chi connectivity index (χ2n) is 3.48. The normalized spacial score (nSPS) is 15.3. The molecule has 88 valence electrons. The van der Waals surface area contributed by atoms with Crippen LogP contribution < -0.4 is 5.32 Å². The van der Waals surface area contributed by atoms with Crippen LogP contribution in [0.15, 0.2) is 0 Å². The quantitative estimate of drug-likeness (QED) is 0.433. The number of hydrogen-bond acceptors (Lipinski definition) is 5. The molecule has 1 aliphatic rings. The highest BCUT2D eigenvalue weighted by Gasteiger charge is 2.21. The van der Waals surface area contributed by atoms with Crippen molar-refractivity contribution in [3.05, 3.63) is 0 Å². The average molecular weight is 217 g/mol. The first-order valence-electron chi connectivity index (χ1n) is 5.28. The number of carbonyl (C=O) groups excluding carboxylic acids is 1. The van der Waals surface area contributed by atoms with Gasteiger partial charge in [0.15, 0.2) is 0 Å². The predicted octanol–water partition coefficient (Wildman–Crippen LogP) is -0.0554. The van der Waals surface area contributed by atoms with E-state index in [1.807, 2.05) is 0 Å². The van der Waals surface area contributed by atoms with Crippen LogP contribution in [-0.4, -0.2) is 52.1 Å². The molecule has 0 amide bonds. The lowest BCUT2D eigenvalue weighted by Gasteiger charge is -2.06. The van der Waals surface area contributed by atoms with Gasteiger partial charge in [0.2, 0.25) is 0 Å². The predicted molar refractivity (Wildman–Crippen MR) is 54.7 cm³/mol. The third-order valence-corrected chi connectivity index (χ3v) is 2.03. The zero-order valence-corrected chi connectivity index (χ0v) is 9.16. The first-order chi connectivity index (χ1) is 7.33. The zero-order chi connectivity index (χ0) is 10.9. The maximum atomic E-state index is 11.1. The second kappa shape index (κ2) is 7.62. The van der Waals surface area contributed by atoms with Crippen molar-refractivity contribution < 1.29 is 19.0 Å². The lowest BCUT2D eigenvalue weighted by molar-refractivity contribution is -0.144. The minimum absolute atomic E-state index is 0.211. The molecule has 0 spiro atoms. The van der Waals surface area contributed by atoms with Crippen LogP contribution in [0.25, 0.3) is 0 Å². The van der Waals surface area contributed by atoms with Gasteiger partial charge >= 0.3 is 5.97 Å². The minimum Gasteiger partial charge on any atom is -0.462 e. The lowest BCUT2D eigenvalue weighted by Crippen LogP contribution is -2.27. The molecule has 0 aliphatic heterocycles. The Hall–Kier alpha value is -0.650. The number of methoxy groups -OCH3 is 1. The molecule has 0 radical (unpaired) electrons. The highest BCUT2D eigenvalue weighted by atomic mass is 16.6. The number of hydrogen-bond donors (Lipinski definition) is 1. The summed E-state index contributed by atoms with van der Waals surface area (Å²) in [6, 6.07) is 0.538.